The minimum absolute atomic E-state index is 0.158. The van der Waals surface area contributed by atoms with E-state index < -0.39 is 0 Å². The van der Waals surface area contributed by atoms with Crippen LogP contribution in [0.1, 0.15) is 52.9 Å². The Hall–Kier alpha value is -0.730. The molecule has 1 saturated heterocycles. The van der Waals surface area contributed by atoms with Gasteiger partial charge in [-0.25, -0.2) is 4.79 Å². The topological polar surface area (TPSA) is 32.3 Å². The summed E-state index contributed by atoms with van der Waals surface area (Å²) in [5.74, 6) is 1.51. The van der Waals surface area contributed by atoms with Crippen molar-refractivity contribution < 1.29 is 4.79 Å². The summed E-state index contributed by atoms with van der Waals surface area (Å²) in [6, 6.07) is 0.158. The third kappa shape index (κ3) is 2.65. The molecule has 2 rings (SSSR count). The van der Waals surface area contributed by atoms with Crippen LogP contribution in [0.5, 0.6) is 0 Å². The molecule has 1 saturated carbocycles. The van der Waals surface area contributed by atoms with Gasteiger partial charge >= 0.3 is 6.03 Å². The van der Waals surface area contributed by atoms with Crippen LogP contribution in [0.4, 0.5) is 4.79 Å². The summed E-state index contributed by atoms with van der Waals surface area (Å²) in [4.78, 5) is 14.0. The zero-order valence-electron chi connectivity index (χ0n) is 12.2. The number of nitrogens with one attached hydrogen (secondary N) is 1. The van der Waals surface area contributed by atoms with E-state index in [1.807, 2.05) is 4.90 Å². The maximum atomic E-state index is 12.0. The lowest BCUT2D eigenvalue weighted by Crippen LogP contribution is -2.52. The Kier molecular flexibility index (Phi) is 4.18. The van der Waals surface area contributed by atoms with E-state index in [0.717, 1.165) is 25.6 Å². The minimum Gasteiger partial charge on any atom is -0.338 e. The molecule has 0 spiro atoms. The first-order chi connectivity index (χ1) is 8.55. The normalized spacial score (nSPS) is 30.7. The highest BCUT2D eigenvalue weighted by Gasteiger charge is 2.46. The summed E-state index contributed by atoms with van der Waals surface area (Å²) in [7, 11) is 0. The first-order valence-electron chi connectivity index (χ1n) is 7.58. The third-order valence-electron chi connectivity index (χ3n) is 5.31. The van der Waals surface area contributed by atoms with Gasteiger partial charge in [-0.3, -0.25) is 0 Å². The van der Waals surface area contributed by atoms with Crippen molar-refractivity contribution in [2.24, 2.45) is 17.3 Å². The molecular weight excluding hydrogens is 224 g/mol. The van der Waals surface area contributed by atoms with Gasteiger partial charge in [-0.1, -0.05) is 27.2 Å². The van der Waals surface area contributed by atoms with E-state index in [9.17, 15) is 4.79 Å². The van der Waals surface area contributed by atoms with E-state index in [4.69, 9.17) is 0 Å². The number of rotatable bonds is 3. The van der Waals surface area contributed by atoms with Crippen molar-refractivity contribution >= 4 is 6.03 Å². The smallest absolute Gasteiger partial charge is 0.317 e. The van der Waals surface area contributed by atoms with Crippen molar-refractivity contribution in [3.05, 3.63) is 0 Å². The van der Waals surface area contributed by atoms with Crippen molar-refractivity contribution in [2.45, 2.75) is 52.9 Å². The van der Waals surface area contributed by atoms with Crippen molar-refractivity contribution in [3.8, 4) is 0 Å². The lowest BCUT2D eigenvalue weighted by molar-refractivity contribution is -0.0201. The Bertz CT molecular complexity index is 295. The number of nitrogens with zero attached hydrogens (tertiary/aromatic N) is 1. The average Bonchev–Trinajstić information content (AvgIpc) is 2.38. The highest BCUT2D eigenvalue weighted by atomic mass is 16.2. The van der Waals surface area contributed by atoms with Crippen LogP contribution in [0.3, 0.4) is 0 Å². The van der Waals surface area contributed by atoms with Crippen LogP contribution in [-0.4, -0.2) is 30.6 Å². The van der Waals surface area contributed by atoms with Gasteiger partial charge in [-0.2, -0.15) is 0 Å². The zero-order chi connectivity index (χ0) is 13.2. The molecule has 2 fully saturated rings. The van der Waals surface area contributed by atoms with E-state index in [-0.39, 0.29) is 6.03 Å². The molecule has 0 bridgehead atoms. The molecule has 2 atom stereocenters. The number of carbonyl (C=O) groups excluding carboxylic acids is 1. The fourth-order valence-corrected chi connectivity index (χ4v) is 3.58. The SMILES string of the molecule is CC[C@@H]1C[C@@H](CNC(=O)N2CCCCC2)C1(C)C. The van der Waals surface area contributed by atoms with Gasteiger partial charge < -0.3 is 10.2 Å². The molecule has 0 radical (unpaired) electrons. The molecule has 1 heterocycles. The largest absolute Gasteiger partial charge is 0.338 e. The molecule has 1 N–H and O–H groups in total. The molecule has 0 unspecified atom stereocenters. The molecule has 0 aromatic rings. The van der Waals surface area contributed by atoms with E-state index >= 15 is 0 Å². The predicted octanol–water partition coefficient (Wildman–Crippen LogP) is 3.25. The van der Waals surface area contributed by atoms with Gasteiger partial charge in [-0.05, 0) is 42.9 Å². The first kappa shape index (κ1) is 13.7. The lowest BCUT2D eigenvalue weighted by Gasteiger charge is -2.52. The summed E-state index contributed by atoms with van der Waals surface area (Å²) in [6.07, 6.45) is 6.16. The fraction of sp³-hybridized carbons (Fsp3) is 0.933. The van der Waals surface area contributed by atoms with Gasteiger partial charge in [0.2, 0.25) is 0 Å². The van der Waals surface area contributed by atoms with Gasteiger partial charge in [0.05, 0.1) is 0 Å². The summed E-state index contributed by atoms with van der Waals surface area (Å²) in [5, 5.41) is 3.14. The highest BCUT2D eigenvalue weighted by Crippen LogP contribution is 2.52. The molecule has 104 valence electrons. The number of hydrogen-bond donors (Lipinski definition) is 1. The second kappa shape index (κ2) is 5.50. The van der Waals surface area contributed by atoms with Crippen molar-refractivity contribution in [2.75, 3.05) is 19.6 Å². The third-order valence-corrected chi connectivity index (χ3v) is 5.31. The van der Waals surface area contributed by atoms with Crippen molar-refractivity contribution in [3.63, 3.8) is 0 Å². The summed E-state index contributed by atoms with van der Waals surface area (Å²) < 4.78 is 0. The second-order valence-electron chi connectivity index (χ2n) is 6.59. The Morgan fingerprint density at radius 1 is 1.22 bits per heavy atom. The number of hydrogen-bond acceptors (Lipinski definition) is 1. The number of carbonyl (C=O) groups is 1. The van der Waals surface area contributed by atoms with Gasteiger partial charge in [0, 0.05) is 19.6 Å². The van der Waals surface area contributed by atoms with Gasteiger partial charge in [-0.15, -0.1) is 0 Å². The molecule has 18 heavy (non-hydrogen) atoms. The maximum absolute atomic E-state index is 12.0. The fourth-order valence-electron chi connectivity index (χ4n) is 3.58. The van der Waals surface area contributed by atoms with E-state index in [1.54, 1.807) is 0 Å². The summed E-state index contributed by atoms with van der Waals surface area (Å²) in [5.41, 5.74) is 0.407. The van der Waals surface area contributed by atoms with E-state index in [0.29, 0.717) is 11.3 Å². The molecule has 3 nitrogen and oxygen atoms in total. The zero-order valence-corrected chi connectivity index (χ0v) is 12.2. The average molecular weight is 252 g/mol. The van der Waals surface area contributed by atoms with Crippen LogP contribution in [0.15, 0.2) is 0 Å². The molecule has 1 aliphatic heterocycles. The van der Waals surface area contributed by atoms with Crippen molar-refractivity contribution in [1.82, 2.24) is 10.2 Å². The molecular formula is C15H28N2O. The molecule has 2 aliphatic rings. The molecule has 3 heteroatoms. The molecule has 0 aromatic carbocycles. The van der Waals surface area contributed by atoms with Crippen LogP contribution in [-0.2, 0) is 0 Å². The van der Waals surface area contributed by atoms with E-state index in [1.165, 1.54) is 32.1 Å². The van der Waals surface area contributed by atoms with Crippen LogP contribution >= 0.6 is 0 Å². The standard InChI is InChI=1S/C15H28N2O/c1-4-12-10-13(15(12,2)3)11-16-14(18)17-8-6-5-7-9-17/h12-13H,4-11H2,1-3H3,(H,16,18)/t12-,13+/m1/s1. The van der Waals surface area contributed by atoms with Crippen LogP contribution < -0.4 is 5.32 Å². The summed E-state index contributed by atoms with van der Waals surface area (Å²) >= 11 is 0. The predicted molar refractivity (Wildman–Crippen MR) is 74.5 cm³/mol. The number of piperidine rings is 1. The number of amides is 2. The Labute approximate surface area is 111 Å². The molecule has 0 aromatic heterocycles. The van der Waals surface area contributed by atoms with Crippen LogP contribution in [0, 0.1) is 17.3 Å². The lowest BCUT2D eigenvalue weighted by atomic mass is 9.54. The van der Waals surface area contributed by atoms with Crippen LogP contribution in [0.25, 0.3) is 0 Å². The molecule has 2 amide bonds. The Morgan fingerprint density at radius 3 is 2.44 bits per heavy atom. The van der Waals surface area contributed by atoms with Gasteiger partial charge in [0.1, 0.15) is 0 Å². The maximum Gasteiger partial charge on any atom is 0.317 e. The molecule has 1 aliphatic carbocycles. The number of urea groups is 1. The quantitative estimate of drug-likeness (QED) is 0.821. The van der Waals surface area contributed by atoms with Crippen molar-refractivity contribution in [1.29, 1.82) is 0 Å². The first-order valence-corrected chi connectivity index (χ1v) is 7.58. The monoisotopic (exact) mass is 252 g/mol. The Balaban J connectivity index is 1.73. The summed E-state index contributed by atoms with van der Waals surface area (Å²) in [6.45, 7) is 9.72. The second-order valence-corrected chi connectivity index (χ2v) is 6.59. The highest BCUT2D eigenvalue weighted by molar-refractivity contribution is 5.74. The number of likely N-dealkylation sites (tertiary alicyclic amines) is 1. The van der Waals surface area contributed by atoms with Gasteiger partial charge in [0.25, 0.3) is 0 Å². The van der Waals surface area contributed by atoms with Crippen LogP contribution in [0.2, 0.25) is 0 Å². The van der Waals surface area contributed by atoms with Gasteiger partial charge in [0.15, 0.2) is 0 Å². The minimum atomic E-state index is 0.158. The Morgan fingerprint density at radius 2 is 1.89 bits per heavy atom. The van der Waals surface area contributed by atoms with E-state index in [2.05, 4.69) is 26.1 Å².